The van der Waals surface area contributed by atoms with Gasteiger partial charge in [-0.2, -0.15) is 0 Å². The largest absolute Gasteiger partial charge is 0.489 e. The second-order valence-electron chi connectivity index (χ2n) is 7.35. The molecule has 0 unspecified atom stereocenters. The van der Waals surface area contributed by atoms with Crippen LogP contribution in [-0.4, -0.2) is 31.4 Å². The zero-order valence-corrected chi connectivity index (χ0v) is 14.4. The van der Waals surface area contributed by atoms with Crippen molar-refractivity contribution in [2.75, 3.05) is 13.2 Å². The maximum absolute atomic E-state index is 12.0. The van der Waals surface area contributed by atoms with Crippen LogP contribution in [0, 0.1) is 5.92 Å². The van der Waals surface area contributed by atoms with Crippen LogP contribution in [0.25, 0.3) is 10.8 Å². The molecule has 2 heterocycles. The zero-order valence-electron chi connectivity index (χ0n) is 14.4. The first-order chi connectivity index (χ1) is 12.2. The Morgan fingerprint density at radius 1 is 1.24 bits per heavy atom. The molecule has 4 nitrogen and oxygen atoms in total. The van der Waals surface area contributed by atoms with Crippen LogP contribution in [-0.2, 0) is 19.7 Å². The molecule has 1 saturated heterocycles. The number of hydrogen-bond acceptors (Lipinski definition) is 4. The van der Waals surface area contributed by atoms with Crippen LogP contribution in [0.1, 0.15) is 31.7 Å². The van der Waals surface area contributed by atoms with E-state index in [0.717, 1.165) is 18.6 Å². The van der Waals surface area contributed by atoms with Gasteiger partial charge in [-0.3, -0.25) is 4.79 Å². The van der Waals surface area contributed by atoms with Crippen molar-refractivity contribution in [1.29, 1.82) is 0 Å². The van der Waals surface area contributed by atoms with Crippen LogP contribution < -0.4 is 4.74 Å². The van der Waals surface area contributed by atoms with Gasteiger partial charge in [0.25, 0.3) is 0 Å². The molecule has 4 heteroatoms. The summed E-state index contributed by atoms with van der Waals surface area (Å²) in [6.07, 6.45) is 2.49. The van der Waals surface area contributed by atoms with Crippen LogP contribution in [0.2, 0.25) is 0 Å². The highest BCUT2D eigenvalue weighted by molar-refractivity contribution is 5.90. The number of rotatable bonds is 3. The fraction of sp³-hybridized carbons (Fsp3) is 0.476. The maximum atomic E-state index is 12.0. The van der Waals surface area contributed by atoms with E-state index in [0.29, 0.717) is 25.6 Å². The molecule has 4 atom stereocenters. The Hall–Kier alpha value is -2.07. The third-order valence-corrected chi connectivity index (χ3v) is 6.26. The van der Waals surface area contributed by atoms with Crippen molar-refractivity contribution in [3.63, 3.8) is 0 Å². The monoisotopic (exact) mass is 338 g/mol. The van der Waals surface area contributed by atoms with Gasteiger partial charge in [0.2, 0.25) is 0 Å². The first-order valence-corrected chi connectivity index (χ1v) is 9.20. The Morgan fingerprint density at radius 3 is 3.00 bits per heavy atom. The predicted molar refractivity (Wildman–Crippen MR) is 93.8 cm³/mol. The third kappa shape index (κ3) is 2.00. The first kappa shape index (κ1) is 15.2. The summed E-state index contributed by atoms with van der Waals surface area (Å²) < 4.78 is 17.7. The molecule has 3 aliphatic rings. The molecule has 130 valence electrons. The Labute approximate surface area is 147 Å². The Morgan fingerprint density at radius 2 is 2.12 bits per heavy atom. The summed E-state index contributed by atoms with van der Waals surface area (Å²) in [7, 11) is 0. The van der Waals surface area contributed by atoms with Gasteiger partial charge in [-0.25, -0.2) is 0 Å². The molecule has 0 bridgehead atoms. The predicted octanol–water partition coefficient (Wildman–Crippen LogP) is 3.60. The molecule has 2 aromatic carbocycles. The maximum Gasteiger partial charge on any atom is 0.308 e. The average molecular weight is 338 g/mol. The van der Waals surface area contributed by atoms with E-state index in [1.54, 1.807) is 0 Å². The lowest BCUT2D eigenvalue weighted by molar-refractivity contribution is -0.146. The van der Waals surface area contributed by atoms with Gasteiger partial charge in [-0.1, -0.05) is 30.3 Å². The highest BCUT2D eigenvalue weighted by Crippen LogP contribution is 2.61. The molecule has 2 fully saturated rings. The standard InChI is InChI=1S/C21H22O4/c1-2-23-19(22)11-17-15-8-10-18-21(15,12-24-17)20-14-6-4-3-5-13(14)7-9-16(20)25-18/h3-7,9,15,17-18H,2,8,10-12H2,1H3/t15-,17+,18+,21-/m1/s1. The molecule has 25 heavy (non-hydrogen) atoms. The van der Waals surface area contributed by atoms with Gasteiger partial charge in [0.15, 0.2) is 0 Å². The number of benzene rings is 2. The molecule has 0 N–H and O–H groups in total. The van der Waals surface area contributed by atoms with Gasteiger partial charge in [-0.05, 0) is 36.6 Å². The summed E-state index contributed by atoms with van der Waals surface area (Å²) in [6, 6.07) is 12.7. The topological polar surface area (TPSA) is 44.8 Å². The fourth-order valence-electron chi connectivity index (χ4n) is 5.31. The van der Waals surface area contributed by atoms with E-state index in [1.165, 1.54) is 16.3 Å². The molecule has 1 aliphatic carbocycles. The van der Waals surface area contributed by atoms with Crippen molar-refractivity contribution in [3.05, 3.63) is 42.0 Å². The van der Waals surface area contributed by atoms with E-state index >= 15 is 0 Å². The average Bonchev–Trinajstić information content (AvgIpc) is 3.23. The van der Waals surface area contributed by atoms with Crippen LogP contribution in [0.4, 0.5) is 0 Å². The van der Waals surface area contributed by atoms with E-state index < -0.39 is 0 Å². The molecule has 5 rings (SSSR count). The fourth-order valence-corrected chi connectivity index (χ4v) is 5.31. The normalized spacial score (nSPS) is 32.1. The summed E-state index contributed by atoms with van der Waals surface area (Å²) in [6.45, 7) is 2.89. The van der Waals surface area contributed by atoms with Crippen molar-refractivity contribution in [3.8, 4) is 5.75 Å². The highest BCUT2D eigenvalue weighted by Gasteiger charge is 2.64. The number of carbonyl (C=O) groups excluding carboxylic acids is 1. The van der Waals surface area contributed by atoms with Gasteiger partial charge < -0.3 is 14.2 Å². The lowest BCUT2D eigenvalue weighted by Crippen LogP contribution is -2.39. The molecular weight excluding hydrogens is 316 g/mol. The van der Waals surface area contributed by atoms with Crippen molar-refractivity contribution in [1.82, 2.24) is 0 Å². The highest BCUT2D eigenvalue weighted by atomic mass is 16.5. The van der Waals surface area contributed by atoms with Gasteiger partial charge >= 0.3 is 5.97 Å². The van der Waals surface area contributed by atoms with Crippen molar-refractivity contribution in [2.24, 2.45) is 5.92 Å². The summed E-state index contributed by atoms with van der Waals surface area (Å²) >= 11 is 0. The molecule has 0 amide bonds. The smallest absolute Gasteiger partial charge is 0.308 e. The number of fused-ring (bicyclic) bond motifs is 3. The molecule has 0 aromatic heterocycles. The molecule has 2 aromatic rings. The number of ether oxygens (including phenoxy) is 3. The SMILES string of the molecule is CCOC(=O)C[C@@H]1OC[C@]23c4c(ccc5ccccc45)O[C@H]2CC[C@H]13. The zero-order chi connectivity index (χ0) is 17.0. The minimum Gasteiger partial charge on any atom is -0.489 e. The molecular formula is C21H22O4. The lowest BCUT2D eigenvalue weighted by Gasteiger charge is -2.28. The summed E-state index contributed by atoms with van der Waals surface area (Å²) in [5, 5.41) is 2.49. The number of hydrogen-bond donors (Lipinski definition) is 0. The second-order valence-corrected chi connectivity index (χ2v) is 7.35. The first-order valence-electron chi connectivity index (χ1n) is 9.20. The summed E-state index contributed by atoms with van der Waals surface area (Å²) in [5.74, 6) is 1.15. The van der Waals surface area contributed by atoms with Crippen LogP contribution in [0.5, 0.6) is 5.75 Å². The molecule has 0 radical (unpaired) electrons. The van der Waals surface area contributed by atoms with E-state index in [2.05, 4.69) is 36.4 Å². The number of carbonyl (C=O) groups is 1. The van der Waals surface area contributed by atoms with Gasteiger partial charge in [0.05, 0.1) is 31.2 Å². The quantitative estimate of drug-likeness (QED) is 0.802. The summed E-state index contributed by atoms with van der Waals surface area (Å²) in [5.41, 5.74) is 1.18. The number of esters is 1. The van der Waals surface area contributed by atoms with Gasteiger partial charge in [0.1, 0.15) is 11.9 Å². The van der Waals surface area contributed by atoms with Crippen LogP contribution in [0.3, 0.4) is 0 Å². The van der Waals surface area contributed by atoms with Crippen molar-refractivity contribution >= 4 is 16.7 Å². The molecule has 1 saturated carbocycles. The molecule has 2 aliphatic heterocycles. The van der Waals surface area contributed by atoms with Gasteiger partial charge in [-0.15, -0.1) is 0 Å². The third-order valence-electron chi connectivity index (χ3n) is 6.26. The van der Waals surface area contributed by atoms with E-state index in [9.17, 15) is 4.79 Å². The van der Waals surface area contributed by atoms with E-state index in [4.69, 9.17) is 14.2 Å². The second kappa shape index (κ2) is 5.46. The summed E-state index contributed by atoms with van der Waals surface area (Å²) in [4.78, 5) is 12.0. The Bertz CT molecular complexity index is 845. The van der Waals surface area contributed by atoms with E-state index in [1.807, 2.05) is 6.92 Å². The lowest BCUT2D eigenvalue weighted by atomic mass is 9.70. The van der Waals surface area contributed by atoms with Crippen molar-refractivity contribution in [2.45, 2.75) is 43.8 Å². The van der Waals surface area contributed by atoms with Crippen molar-refractivity contribution < 1.29 is 19.0 Å². The van der Waals surface area contributed by atoms with E-state index in [-0.39, 0.29) is 23.6 Å². The molecule has 1 spiro atoms. The van der Waals surface area contributed by atoms with Crippen LogP contribution in [0.15, 0.2) is 36.4 Å². The van der Waals surface area contributed by atoms with Crippen LogP contribution >= 0.6 is 0 Å². The minimum absolute atomic E-state index is 0.0717. The minimum atomic E-state index is -0.162. The van der Waals surface area contributed by atoms with Gasteiger partial charge in [0, 0.05) is 11.5 Å². The Kier molecular flexibility index (Phi) is 3.32. The Balaban J connectivity index is 1.59.